The fraction of sp³-hybridized carbons (Fsp3) is 1.00. The van der Waals surface area contributed by atoms with Crippen LogP contribution < -0.4 is 5.32 Å². The molecule has 0 saturated carbocycles. The van der Waals surface area contributed by atoms with Gasteiger partial charge in [-0.3, -0.25) is 0 Å². The quantitative estimate of drug-likeness (QED) is 0.561. The predicted molar refractivity (Wildman–Crippen MR) is 70.8 cm³/mol. The molecule has 0 rings (SSSR count). The van der Waals surface area contributed by atoms with Gasteiger partial charge < -0.3 is 15.3 Å². The van der Waals surface area contributed by atoms with E-state index >= 15 is 0 Å². The van der Waals surface area contributed by atoms with Gasteiger partial charge in [0, 0.05) is 26.2 Å². The van der Waals surface area contributed by atoms with Crippen molar-refractivity contribution < 1.29 is 5.11 Å². The molecule has 0 aromatic rings. The van der Waals surface area contributed by atoms with Crippen LogP contribution >= 0.6 is 0 Å². The summed E-state index contributed by atoms with van der Waals surface area (Å²) in [6.07, 6.45) is 1.99. The number of likely N-dealkylation sites (N-methyl/N-ethyl adjacent to an activating group) is 1. The van der Waals surface area contributed by atoms with Gasteiger partial charge in [0.2, 0.25) is 0 Å². The minimum Gasteiger partial charge on any atom is -0.396 e. The number of aliphatic hydroxyl groups excluding tert-OH is 1. The average molecular weight is 230 g/mol. The molecule has 0 heterocycles. The molecule has 0 aromatic heterocycles. The second-order valence-electron chi connectivity index (χ2n) is 5.20. The summed E-state index contributed by atoms with van der Waals surface area (Å²) < 4.78 is 0. The molecule has 0 aliphatic rings. The zero-order valence-electron chi connectivity index (χ0n) is 11.6. The highest BCUT2D eigenvalue weighted by atomic mass is 16.2. The molecule has 3 heteroatoms. The zero-order valence-corrected chi connectivity index (χ0v) is 11.6. The minimum absolute atomic E-state index is 0.298. The molecule has 16 heavy (non-hydrogen) atoms. The Labute approximate surface area is 101 Å². The van der Waals surface area contributed by atoms with E-state index in [0.717, 1.165) is 45.6 Å². The van der Waals surface area contributed by atoms with Crippen molar-refractivity contribution in [2.24, 2.45) is 5.41 Å². The number of hydrogen-bond donors (Lipinski definition) is 2. The molecule has 0 aliphatic heterocycles. The van der Waals surface area contributed by atoms with Gasteiger partial charge in [-0.2, -0.15) is 0 Å². The molecule has 0 radical (unpaired) electrons. The lowest BCUT2D eigenvalue weighted by molar-refractivity contribution is 0.232. The summed E-state index contributed by atoms with van der Waals surface area (Å²) in [7, 11) is 0. The largest absolute Gasteiger partial charge is 0.396 e. The van der Waals surface area contributed by atoms with Gasteiger partial charge in [0.05, 0.1) is 0 Å². The van der Waals surface area contributed by atoms with Crippen LogP contribution in [-0.2, 0) is 0 Å². The first-order valence-corrected chi connectivity index (χ1v) is 6.59. The molecule has 0 aromatic carbocycles. The molecule has 0 atom stereocenters. The van der Waals surface area contributed by atoms with Crippen molar-refractivity contribution in [1.82, 2.24) is 10.2 Å². The van der Waals surface area contributed by atoms with Crippen molar-refractivity contribution >= 4 is 0 Å². The Morgan fingerprint density at radius 3 is 2.31 bits per heavy atom. The number of rotatable bonds is 10. The Hall–Kier alpha value is -0.120. The normalized spacial score (nSPS) is 12.4. The summed E-state index contributed by atoms with van der Waals surface area (Å²) in [6, 6.07) is 0. The number of nitrogens with one attached hydrogen (secondary N) is 1. The van der Waals surface area contributed by atoms with Gasteiger partial charge in [-0.25, -0.2) is 0 Å². The van der Waals surface area contributed by atoms with Gasteiger partial charge in [-0.15, -0.1) is 0 Å². The van der Waals surface area contributed by atoms with Gasteiger partial charge in [0.1, 0.15) is 0 Å². The summed E-state index contributed by atoms with van der Waals surface area (Å²) >= 11 is 0. The van der Waals surface area contributed by atoms with E-state index in [0.29, 0.717) is 12.0 Å². The Morgan fingerprint density at radius 2 is 1.81 bits per heavy atom. The van der Waals surface area contributed by atoms with Crippen molar-refractivity contribution in [3.8, 4) is 0 Å². The summed E-state index contributed by atoms with van der Waals surface area (Å²) in [5.74, 6) is 0. The maximum absolute atomic E-state index is 8.81. The van der Waals surface area contributed by atoms with Gasteiger partial charge in [-0.1, -0.05) is 27.7 Å². The van der Waals surface area contributed by atoms with E-state index in [2.05, 4.69) is 37.9 Å². The van der Waals surface area contributed by atoms with Crippen LogP contribution in [0.5, 0.6) is 0 Å². The van der Waals surface area contributed by atoms with Crippen LogP contribution in [-0.4, -0.2) is 49.3 Å². The summed E-state index contributed by atoms with van der Waals surface area (Å²) in [4.78, 5) is 2.42. The van der Waals surface area contributed by atoms with Gasteiger partial charge in [0.15, 0.2) is 0 Å². The molecule has 0 amide bonds. The van der Waals surface area contributed by atoms with Crippen molar-refractivity contribution in [2.75, 3.05) is 39.3 Å². The zero-order chi connectivity index (χ0) is 12.4. The Balaban J connectivity index is 3.56. The van der Waals surface area contributed by atoms with E-state index in [1.807, 2.05) is 0 Å². The Morgan fingerprint density at radius 1 is 1.19 bits per heavy atom. The fourth-order valence-corrected chi connectivity index (χ4v) is 1.85. The highest BCUT2D eigenvalue weighted by molar-refractivity contribution is 4.71. The molecule has 2 N–H and O–H groups in total. The van der Waals surface area contributed by atoms with E-state index in [9.17, 15) is 0 Å². The van der Waals surface area contributed by atoms with E-state index in [4.69, 9.17) is 5.11 Å². The minimum atomic E-state index is 0.298. The van der Waals surface area contributed by atoms with Crippen LogP contribution in [0.1, 0.15) is 40.5 Å². The molecule has 98 valence electrons. The first kappa shape index (κ1) is 15.9. The van der Waals surface area contributed by atoms with Gasteiger partial charge in [-0.05, 0) is 31.3 Å². The van der Waals surface area contributed by atoms with Crippen LogP contribution in [0.15, 0.2) is 0 Å². The van der Waals surface area contributed by atoms with Gasteiger partial charge >= 0.3 is 0 Å². The van der Waals surface area contributed by atoms with Crippen LogP contribution in [0.4, 0.5) is 0 Å². The summed E-state index contributed by atoms with van der Waals surface area (Å²) in [5.41, 5.74) is 0.298. The van der Waals surface area contributed by atoms with E-state index in [1.54, 1.807) is 0 Å². The van der Waals surface area contributed by atoms with Crippen molar-refractivity contribution in [3.05, 3.63) is 0 Å². The van der Waals surface area contributed by atoms with Crippen molar-refractivity contribution in [1.29, 1.82) is 0 Å². The molecule has 0 spiro atoms. The third kappa shape index (κ3) is 8.08. The lowest BCUT2D eigenvalue weighted by atomic mass is 9.88. The second-order valence-corrected chi connectivity index (χ2v) is 5.20. The molecule has 0 bridgehead atoms. The molecular weight excluding hydrogens is 200 g/mol. The fourth-order valence-electron chi connectivity index (χ4n) is 1.85. The SMILES string of the molecule is CCN(CC)CCNCC(C)(C)CCCO. The Kier molecular flexibility index (Phi) is 8.90. The number of nitrogens with zero attached hydrogens (tertiary/aromatic N) is 1. The molecule has 3 nitrogen and oxygen atoms in total. The van der Waals surface area contributed by atoms with Gasteiger partial charge in [0.25, 0.3) is 0 Å². The highest BCUT2D eigenvalue weighted by Crippen LogP contribution is 2.20. The standard InChI is InChI=1S/C13H30N2O/c1-5-15(6-2)10-9-14-12-13(3,4)8-7-11-16/h14,16H,5-12H2,1-4H3. The summed E-state index contributed by atoms with van der Waals surface area (Å²) in [6.45, 7) is 14.7. The van der Waals surface area contributed by atoms with Crippen molar-refractivity contribution in [3.63, 3.8) is 0 Å². The van der Waals surface area contributed by atoms with E-state index < -0.39 is 0 Å². The van der Waals surface area contributed by atoms with Crippen LogP contribution in [0.3, 0.4) is 0 Å². The monoisotopic (exact) mass is 230 g/mol. The van der Waals surface area contributed by atoms with Crippen LogP contribution in [0.25, 0.3) is 0 Å². The lowest BCUT2D eigenvalue weighted by Gasteiger charge is -2.26. The molecule has 0 aliphatic carbocycles. The number of aliphatic hydroxyl groups is 1. The second kappa shape index (κ2) is 8.97. The molecule has 0 unspecified atom stereocenters. The molecular formula is C13H30N2O. The van der Waals surface area contributed by atoms with E-state index in [1.165, 1.54) is 0 Å². The third-order valence-electron chi connectivity index (χ3n) is 3.11. The Bertz CT molecular complexity index is 156. The number of hydrogen-bond acceptors (Lipinski definition) is 3. The highest BCUT2D eigenvalue weighted by Gasteiger charge is 2.16. The van der Waals surface area contributed by atoms with Crippen molar-refractivity contribution in [2.45, 2.75) is 40.5 Å². The van der Waals surface area contributed by atoms with E-state index in [-0.39, 0.29) is 0 Å². The van der Waals surface area contributed by atoms with Crippen LogP contribution in [0.2, 0.25) is 0 Å². The average Bonchev–Trinajstić information content (AvgIpc) is 2.27. The van der Waals surface area contributed by atoms with Crippen LogP contribution in [0, 0.1) is 5.41 Å². The summed E-state index contributed by atoms with van der Waals surface area (Å²) in [5, 5.41) is 12.3. The predicted octanol–water partition coefficient (Wildman–Crippen LogP) is 1.72. The molecule has 0 saturated heterocycles. The topological polar surface area (TPSA) is 35.5 Å². The lowest BCUT2D eigenvalue weighted by Crippen LogP contribution is -2.36. The smallest absolute Gasteiger partial charge is 0.0431 e. The first-order chi connectivity index (χ1) is 7.55. The maximum atomic E-state index is 8.81. The maximum Gasteiger partial charge on any atom is 0.0431 e. The molecule has 0 fully saturated rings. The third-order valence-corrected chi connectivity index (χ3v) is 3.11. The first-order valence-electron chi connectivity index (χ1n) is 6.59.